The fraction of sp³-hybridized carbons (Fsp3) is 0.455. The third-order valence-electron chi connectivity index (χ3n) is 5.26. The van der Waals surface area contributed by atoms with Crippen LogP contribution in [0.2, 0.25) is 0 Å². The first-order chi connectivity index (χ1) is 15.5. The van der Waals surface area contributed by atoms with E-state index < -0.39 is 4.92 Å². The van der Waals surface area contributed by atoms with Crippen molar-refractivity contribution < 1.29 is 38.5 Å². The molecule has 0 aliphatic carbocycles. The van der Waals surface area contributed by atoms with Crippen LogP contribution in [0, 0.1) is 10.1 Å². The van der Waals surface area contributed by atoms with E-state index in [0.29, 0.717) is 35.7 Å². The van der Waals surface area contributed by atoms with Crippen LogP contribution in [0.25, 0.3) is 0 Å². The molecule has 1 saturated heterocycles. The number of aliphatic hydroxyl groups is 1. The molecule has 1 fully saturated rings. The van der Waals surface area contributed by atoms with E-state index in [0.717, 1.165) is 5.56 Å². The van der Waals surface area contributed by atoms with Crippen LogP contribution in [0.3, 0.4) is 0 Å². The molecule has 0 spiro atoms. The molecule has 0 radical (unpaired) electrons. The van der Waals surface area contributed by atoms with Gasteiger partial charge in [-0.3, -0.25) is 10.1 Å². The van der Waals surface area contributed by atoms with Crippen LogP contribution in [0.1, 0.15) is 36.2 Å². The Labute approximate surface area is 185 Å². The Morgan fingerprint density at radius 3 is 1.84 bits per heavy atom. The Bertz CT molecular complexity index is 938. The second-order valence-electron chi connectivity index (χ2n) is 7.05. The van der Waals surface area contributed by atoms with E-state index in [1.807, 2.05) is 12.1 Å². The van der Waals surface area contributed by atoms with Gasteiger partial charge in [-0.25, -0.2) is 0 Å². The highest BCUT2D eigenvalue weighted by atomic mass is 16.6. The van der Waals surface area contributed by atoms with E-state index in [4.69, 9.17) is 33.5 Å². The number of aliphatic hydroxyl groups excluding tert-OH is 1. The minimum atomic E-state index is -0.537. The summed E-state index contributed by atoms with van der Waals surface area (Å²) < 4.78 is 33.1. The zero-order valence-corrected chi connectivity index (χ0v) is 18.5. The molecule has 1 aliphatic rings. The van der Waals surface area contributed by atoms with E-state index in [9.17, 15) is 10.1 Å². The average Bonchev–Trinajstić information content (AvgIpc) is 3.31. The molecule has 0 bridgehead atoms. The summed E-state index contributed by atoms with van der Waals surface area (Å²) in [4.78, 5) is 11.1. The van der Waals surface area contributed by atoms with Crippen molar-refractivity contribution in [2.75, 3.05) is 41.7 Å². The molecule has 2 aromatic rings. The largest absolute Gasteiger partial charge is 0.493 e. The SMILES string of the molecule is COc1cc([C@@H]2CC[C@@H](c3cc(OC)c(OCCO)c([N+](=O)[O-])c3)O2)cc(OC)c1OC. The Morgan fingerprint density at radius 1 is 0.906 bits per heavy atom. The second-order valence-corrected chi connectivity index (χ2v) is 7.05. The van der Waals surface area contributed by atoms with Gasteiger partial charge in [-0.1, -0.05) is 0 Å². The highest BCUT2D eigenvalue weighted by molar-refractivity contribution is 5.59. The number of nitro benzene ring substituents is 1. The summed E-state index contributed by atoms with van der Waals surface area (Å²) in [6.45, 7) is -0.357. The molecular formula is C22H27NO9. The standard InChI is InChI=1S/C22H27NO9/c1-27-18-10-13(9-15(23(25)26)21(18)31-8-7-24)16-5-6-17(32-16)14-11-19(28-2)22(30-4)20(12-14)29-3/h9-12,16-17,24H,5-8H2,1-4H3/t16-,17-/m0/s1. The highest BCUT2D eigenvalue weighted by Gasteiger charge is 2.32. The topological polar surface area (TPSA) is 119 Å². The number of benzene rings is 2. The van der Waals surface area contributed by atoms with E-state index >= 15 is 0 Å². The summed E-state index contributed by atoms with van der Waals surface area (Å²) >= 11 is 0. The first-order valence-electron chi connectivity index (χ1n) is 10.0. The molecule has 1 aliphatic heterocycles. The Balaban J connectivity index is 1.91. The van der Waals surface area contributed by atoms with Gasteiger partial charge in [0.1, 0.15) is 6.61 Å². The Morgan fingerprint density at radius 2 is 1.41 bits per heavy atom. The Kier molecular flexibility index (Phi) is 7.60. The summed E-state index contributed by atoms with van der Waals surface area (Å²) in [6.07, 6.45) is 0.711. The van der Waals surface area contributed by atoms with Crippen LogP contribution < -0.4 is 23.7 Å². The number of methoxy groups -OCH3 is 4. The van der Waals surface area contributed by atoms with Crippen molar-refractivity contribution >= 4 is 5.69 Å². The molecule has 0 aromatic heterocycles. The van der Waals surface area contributed by atoms with Crippen LogP contribution in [0.4, 0.5) is 5.69 Å². The van der Waals surface area contributed by atoms with E-state index in [2.05, 4.69) is 0 Å². The van der Waals surface area contributed by atoms with Crippen molar-refractivity contribution in [1.29, 1.82) is 0 Å². The van der Waals surface area contributed by atoms with Gasteiger partial charge in [0, 0.05) is 6.07 Å². The normalized spacial score (nSPS) is 17.7. The number of rotatable bonds is 10. The smallest absolute Gasteiger partial charge is 0.315 e. The number of hydrogen-bond acceptors (Lipinski definition) is 9. The lowest BCUT2D eigenvalue weighted by atomic mass is 10.0. The Hall–Kier alpha value is -3.24. The minimum absolute atomic E-state index is 0.0190. The van der Waals surface area contributed by atoms with Crippen LogP contribution in [-0.4, -0.2) is 51.7 Å². The molecule has 0 saturated carbocycles. The summed E-state index contributed by atoms with van der Waals surface area (Å²) in [5.41, 5.74) is 1.22. The van der Waals surface area contributed by atoms with Gasteiger partial charge in [0.15, 0.2) is 17.2 Å². The predicted molar refractivity (Wildman–Crippen MR) is 114 cm³/mol. The maximum Gasteiger partial charge on any atom is 0.315 e. The zero-order valence-electron chi connectivity index (χ0n) is 18.5. The lowest BCUT2D eigenvalue weighted by Crippen LogP contribution is -2.07. The van der Waals surface area contributed by atoms with Gasteiger partial charge in [0.05, 0.1) is 52.2 Å². The second kappa shape index (κ2) is 10.4. The maximum absolute atomic E-state index is 11.6. The van der Waals surface area contributed by atoms with Gasteiger partial charge in [-0.05, 0) is 42.2 Å². The molecule has 32 heavy (non-hydrogen) atoms. The van der Waals surface area contributed by atoms with Crippen molar-refractivity contribution in [3.05, 3.63) is 45.5 Å². The average molecular weight is 449 g/mol. The molecule has 174 valence electrons. The molecule has 3 rings (SSSR count). The fourth-order valence-electron chi connectivity index (χ4n) is 3.79. The predicted octanol–water partition coefficient (Wildman–Crippen LogP) is 3.59. The van der Waals surface area contributed by atoms with Crippen LogP contribution in [0.5, 0.6) is 28.7 Å². The third kappa shape index (κ3) is 4.66. The van der Waals surface area contributed by atoms with Crippen molar-refractivity contribution in [3.8, 4) is 28.7 Å². The van der Waals surface area contributed by atoms with Gasteiger partial charge >= 0.3 is 5.69 Å². The summed E-state index contributed by atoms with van der Waals surface area (Å²) in [6, 6.07) is 6.77. The molecular weight excluding hydrogens is 422 g/mol. The fourth-order valence-corrected chi connectivity index (χ4v) is 3.79. The van der Waals surface area contributed by atoms with E-state index in [-0.39, 0.29) is 42.6 Å². The lowest BCUT2D eigenvalue weighted by molar-refractivity contribution is -0.386. The van der Waals surface area contributed by atoms with Crippen molar-refractivity contribution in [1.82, 2.24) is 0 Å². The lowest BCUT2D eigenvalue weighted by Gasteiger charge is -2.19. The highest BCUT2D eigenvalue weighted by Crippen LogP contribution is 2.48. The minimum Gasteiger partial charge on any atom is -0.493 e. The molecule has 1 N–H and O–H groups in total. The van der Waals surface area contributed by atoms with Gasteiger partial charge in [0.25, 0.3) is 0 Å². The van der Waals surface area contributed by atoms with Crippen LogP contribution in [0.15, 0.2) is 24.3 Å². The number of ether oxygens (including phenoxy) is 6. The van der Waals surface area contributed by atoms with Crippen LogP contribution in [-0.2, 0) is 4.74 Å². The van der Waals surface area contributed by atoms with Crippen molar-refractivity contribution in [3.63, 3.8) is 0 Å². The molecule has 10 nitrogen and oxygen atoms in total. The number of nitrogens with zero attached hydrogens (tertiary/aromatic N) is 1. The molecule has 10 heteroatoms. The van der Waals surface area contributed by atoms with Crippen molar-refractivity contribution in [2.24, 2.45) is 0 Å². The van der Waals surface area contributed by atoms with Gasteiger partial charge < -0.3 is 33.5 Å². The molecule has 2 atom stereocenters. The summed E-state index contributed by atoms with van der Waals surface area (Å²) in [5.74, 6) is 1.73. The summed E-state index contributed by atoms with van der Waals surface area (Å²) in [5, 5.41) is 20.6. The van der Waals surface area contributed by atoms with Gasteiger partial charge in [0.2, 0.25) is 11.5 Å². The van der Waals surface area contributed by atoms with E-state index in [1.54, 1.807) is 20.3 Å². The summed E-state index contributed by atoms with van der Waals surface area (Å²) in [7, 11) is 6.04. The number of nitro groups is 1. The van der Waals surface area contributed by atoms with Crippen LogP contribution >= 0.6 is 0 Å². The maximum atomic E-state index is 11.6. The van der Waals surface area contributed by atoms with Gasteiger partial charge in [-0.2, -0.15) is 0 Å². The molecule has 0 unspecified atom stereocenters. The zero-order chi connectivity index (χ0) is 23.3. The molecule has 2 aromatic carbocycles. The van der Waals surface area contributed by atoms with Crippen molar-refractivity contribution in [2.45, 2.75) is 25.0 Å². The molecule has 0 amide bonds. The molecule has 1 heterocycles. The first-order valence-corrected chi connectivity index (χ1v) is 10.0. The monoisotopic (exact) mass is 449 g/mol. The first kappa shape index (κ1) is 23.4. The number of hydrogen-bond donors (Lipinski definition) is 1. The van der Waals surface area contributed by atoms with E-state index in [1.165, 1.54) is 20.3 Å². The third-order valence-corrected chi connectivity index (χ3v) is 5.26. The van der Waals surface area contributed by atoms with Gasteiger partial charge in [-0.15, -0.1) is 0 Å². The quantitative estimate of drug-likeness (QED) is 0.429.